The van der Waals surface area contributed by atoms with Crippen LogP contribution in [0, 0.1) is 6.92 Å². The third kappa shape index (κ3) is 4.18. The number of rotatable bonds is 6. The van der Waals surface area contributed by atoms with Crippen LogP contribution in [-0.4, -0.2) is 15.5 Å². The minimum absolute atomic E-state index is 0.452. The van der Waals surface area contributed by atoms with Crippen molar-refractivity contribution in [3.63, 3.8) is 0 Å². The number of nitrogens with zero attached hydrogens (tertiary/aromatic N) is 2. The molecule has 0 aliphatic carbocycles. The zero-order valence-electron chi connectivity index (χ0n) is 15.7. The van der Waals surface area contributed by atoms with Gasteiger partial charge >= 0.3 is 0 Å². The monoisotopic (exact) mass is 422 g/mol. The minimum atomic E-state index is -0.452. The van der Waals surface area contributed by atoms with Crippen molar-refractivity contribution in [2.24, 2.45) is 5.73 Å². The molecule has 0 radical (unpaired) electrons. The lowest BCUT2D eigenvalue weighted by Crippen LogP contribution is -2.12. The normalized spacial score (nSPS) is 10.8. The van der Waals surface area contributed by atoms with Crippen molar-refractivity contribution >= 4 is 39.7 Å². The number of benzene rings is 2. The van der Waals surface area contributed by atoms with E-state index in [4.69, 9.17) is 22.3 Å². The molecule has 1 amide bonds. The van der Waals surface area contributed by atoms with Crippen molar-refractivity contribution < 1.29 is 4.79 Å². The van der Waals surface area contributed by atoms with E-state index in [1.807, 2.05) is 77.5 Å². The first-order chi connectivity index (χ1) is 14.0. The highest BCUT2D eigenvalue weighted by Gasteiger charge is 2.19. The van der Waals surface area contributed by atoms with E-state index in [9.17, 15) is 4.79 Å². The molecule has 0 bridgehead atoms. The topological polar surface area (TPSA) is 72.9 Å². The Morgan fingerprint density at radius 3 is 2.69 bits per heavy atom. The fraction of sp³-hybridized carbons (Fsp3) is 0.0909. The number of hydrogen-bond acceptors (Lipinski definition) is 4. The Bertz CT molecular complexity index is 1170. The van der Waals surface area contributed by atoms with Crippen LogP contribution in [0.4, 0.5) is 10.8 Å². The fourth-order valence-electron chi connectivity index (χ4n) is 3.22. The molecule has 4 rings (SSSR count). The van der Waals surface area contributed by atoms with Gasteiger partial charge in [0, 0.05) is 28.3 Å². The zero-order valence-corrected chi connectivity index (χ0v) is 17.3. The largest absolute Gasteiger partial charge is 0.366 e. The lowest BCUT2D eigenvalue weighted by atomic mass is 10.2. The average molecular weight is 423 g/mol. The van der Waals surface area contributed by atoms with Crippen LogP contribution < -0.4 is 11.1 Å². The van der Waals surface area contributed by atoms with Crippen molar-refractivity contribution in [2.75, 3.05) is 5.32 Å². The number of carbonyl (C=O) groups excluding carboxylic acids is 1. The number of anilines is 2. The Kier molecular flexibility index (Phi) is 5.38. The zero-order chi connectivity index (χ0) is 20.4. The molecule has 3 N–H and O–H groups in total. The molecule has 2 aromatic carbocycles. The molecule has 5 nitrogen and oxygen atoms in total. The van der Waals surface area contributed by atoms with Crippen LogP contribution >= 0.6 is 22.9 Å². The first kappa shape index (κ1) is 19.2. The van der Waals surface area contributed by atoms with Crippen LogP contribution in [0.3, 0.4) is 0 Å². The lowest BCUT2D eigenvalue weighted by Gasteiger charge is -2.11. The van der Waals surface area contributed by atoms with Gasteiger partial charge in [0.2, 0.25) is 0 Å². The van der Waals surface area contributed by atoms with Gasteiger partial charge in [0.25, 0.3) is 5.91 Å². The molecule has 0 aliphatic rings. The number of para-hydroxylation sites is 1. The summed E-state index contributed by atoms with van der Waals surface area (Å²) in [7, 11) is 0. The van der Waals surface area contributed by atoms with E-state index in [0.29, 0.717) is 17.1 Å². The van der Waals surface area contributed by atoms with Crippen molar-refractivity contribution in [1.82, 2.24) is 9.55 Å². The first-order valence-electron chi connectivity index (χ1n) is 9.03. The second kappa shape index (κ2) is 8.11. The summed E-state index contributed by atoms with van der Waals surface area (Å²) in [6.07, 6.45) is 0. The van der Waals surface area contributed by atoms with Crippen LogP contribution in [-0.2, 0) is 6.54 Å². The first-order valence-corrected chi connectivity index (χ1v) is 10.3. The summed E-state index contributed by atoms with van der Waals surface area (Å²) in [5.41, 5.74) is 10.5. The molecule has 2 heterocycles. The molecule has 7 heteroatoms. The molecule has 0 atom stereocenters. The van der Waals surface area contributed by atoms with Crippen LogP contribution in [0.5, 0.6) is 0 Å². The number of carbonyl (C=O) groups is 1. The highest BCUT2D eigenvalue weighted by Crippen LogP contribution is 2.31. The van der Waals surface area contributed by atoms with Crippen molar-refractivity contribution in [2.45, 2.75) is 13.5 Å². The fourth-order valence-corrected chi connectivity index (χ4v) is 4.16. The number of halogens is 1. The highest BCUT2D eigenvalue weighted by atomic mass is 35.5. The molecule has 0 unspecified atom stereocenters. The maximum atomic E-state index is 11.9. The SMILES string of the molecule is Cc1c(C(N)=O)cc(-c2csc(Nc3ccccc3)n2)n1Cc1cccc(Cl)c1. The van der Waals surface area contributed by atoms with E-state index in [1.54, 1.807) is 0 Å². The molecule has 0 fully saturated rings. The Morgan fingerprint density at radius 1 is 1.17 bits per heavy atom. The van der Waals surface area contributed by atoms with Crippen molar-refractivity contribution in [3.8, 4) is 11.4 Å². The smallest absolute Gasteiger partial charge is 0.250 e. The highest BCUT2D eigenvalue weighted by molar-refractivity contribution is 7.14. The predicted octanol–water partition coefficient (Wildman–Crippen LogP) is 5.46. The van der Waals surface area contributed by atoms with Gasteiger partial charge in [-0.15, -0.1) is 11.3 Å². The molecular formula is C22H19ClN4OS. The van der Waals surface area contributed by atoms with Gasteiger partial charge in [-0.2, -0.15) is 0 Å². The summed E-state index contributed by atoms with van der Waals surface area (Å²) in [5.74, 6) is -0.452. The molecular weight excluding hydrogens is 404 g/mol. The van der Waals surface area contributed by atoms with Crippen LogP contribution in [0.25, 0.3) is 11.4 Å². The standard InChI is InChI=1S/C22H19ClN4OS/c1-14-18(21(24)28)11-20(27(14)12-15-6-5-7-16(23)10-15)19-13-29-22(26-19)25-17-8-3-2-4-9-17/h2-11,13H,12H2,1H3,(H2,24,28)(H,25,26). The summed E-state index contributed by atoms with van der Waals surface area (Å²) in [5, 5.41) is 6.73. The predicted molar refractivity (Wildman–Crippen MR) is 119 cm³/mol. The summed E-state index contributed by atoms with van der Waals surface area (Å²) in [6, 6.07) is 19.3. The molecule has 0 saturated carbocycles. The summed E-state index contributed by atoms with van der Waals surface area (Å²) >= 11 is 7.65. The molecule has 146 valence electrons. The number of primary amides is 1. The minimum Gasteiger partial charge on any atom is -0.366 e. The van der Waals surface area contributed by atoms with Crippen LogP contribution in [0.2, 0.25) is 5.02 Å². The van der Waals surface area contributed by atoms with Gasteiger partial charge in [0.1, 0.15) is 0 Å². The third-order valence-corrected chi connectivity index (χ3v) is 5.65. The maximum Gasteiger partial charge on any atom is 0.250 e. The number of thiazole rings is 1. The molecule has 2 aromatic heterocycles. The van der Waals surface area contributed by atoms with E-state index in [-0.39, 0.29) is 0 Å². The quantitative estimate of drug-likeness (QED) is 0.433. The van der Waals surface area contributed by atoms with Crippen LogP contribution in [0.1, 0.15) is 21.6 Å². The van der Waals surface area contributed by atoms with Gasteiger partial charge < -0.3 is 15.6 Å². The molecule has 29 heavy (non-hydrogen) atoms. The van der Waals surface area contributed by atoms with E-state index in [0.717, 1.165) is 33.5 Å². The number of nitrogens with one attached hydrogen (secondary N) is 1. The Hall–Kier alpha value is -3.09. The number of amides is 1. The van der Waals surface area contributed by atoms with Gasteiger partial charge in [0.15, 0.2) is 5.13 Å². The van der Waals surface area contributed by atoms with Gasteiger partial charge in [-0.1, -0.05) is 41.9 Å². The summed E-state index contributed by atoms with van der Waals surface area (Å²) < 4.78 is 2.05. The number of nitrogens with two attached hydrogens (primary N) is 1. The van der Waals surface area contributed by atoms with E-state index in [1.165, 1.54) is 11.3 Å². The Balaban J connectivity index is 1.71. The van der Waals surface area contributed by atoms with Crippen molar-refractivity contribution in [1.29, 1.82) is 0 Å². The van der Waals surface area contributed by atoms with Gasteiger partial charge in [-0.3, -0.25) is 4.79 Å². The van der Waals surface area contributed by atoms with Crippen molar-refractivity contribution in [3.05, 3.63) is 87.9 Å². The summed E-state index contributed by atoms with van der Waals surface area (Å²) in [6.45, 7) is 2.46. The summed E-state index contributed by atoms with van der Waals surface area (Å²) in [4.78, 5) is 16.6. The van der Waals surface area contributed by atoms with E-state index >= 15 is 0 Å². The van der Waals surface area contributed by atoms with Gasteiger partial charge in [0.05, 0.1) is 17.0 Å². The van der Waals surface area contributed by atoms with Crippen LogP contribution in [0.15, 0.2) is 66.0 Å². The molecule has 4 aromatic rings. The van der Waals surface area contributed by atoms with E-state index < -0.39 is 5.91 Å². The maximum absolute atomic E-state index is 11.9. The van der Waals surface area contributed by atoms with Gasteiger partial charge in [-0.25, -0.2) is 4.98 Å². The molecule has 0 saturated heterocycles. The lowest BCUT2D eigenvalue weighted by molar-refractivity contribution is 0.0999. The Labute approximate surface area is 177 Å². The third-order valence-electron chi connectivity index (χ3n) is 4.65. The Morgan fingerprint density at radius 2 is 1.97 bits per heavy atom. The second-order valence-corrected chi connectivity index (χ2v) is 7.93. The molecule has 0 aliphatic heterocycles. The number of aromatic nitrogens is 2. The second-order valence-electron chi connectivity index (χ2n) is 6.64. The van der Waals surface area contributed by atoms with Gasteiger partial charge in [-0.05, 0) is 42.8 Å². The number of hydrogen-bond donors (Lipinski definition) is 2. The van der Waals surface area contributed by atoms with E-state index in [2.05, 4.69) is 5.32 Å². The average Bonchev–Trinajstić information content (AvgIpc) is 3.28. The molecule has 0 spiro atoms.